The Morgan fingerprint density at radius 1 is 1.46 bits per heavy atom. The van der Waals surface area contributed by atoms with Gasteiger partial charge in [-0.1, -0.05) is 17.7 Å². The Labute approximate surface area is 78.2 Å². The fourth-order valence-electron chi connectivity index (χ4n) is 2.02. The summed E-state index contributed by atoms with van der Waals surface area (Å²) in [5.74, 6) is 0. The summed E-state index contributed by atoms with van der Waals surface area (Å²) in [6.07, 6.45) is 3.45. The molecular formula is C9H12O3S. The van der Waals surface area contributed by atoms with E-state index in [-0.39, 0.29) is 6.10 Å². The minimum Gasteiger partial charge on any atom is -0.259 e. The van der Waals surface area contributed by atoms with Gasteiger partial charge >= 0.3 is 0 Å². The normalized spacial score (nSPS) is 41.3. The number of hydrogen-bond acceptors (Lipinski definition) is 3. The Morgan fingerprint density at radius 2 is 2.08 bits per heavy atom. The third-order valence-corrected chi connectivity index (χ3v) is 4.52. The van der Waals surface area contributed by atoms with E-state index < -0.39 is 14.9 Å². The van der Waals surface area contributed by atoms with Gasteiger partial charge in [0, 0.05) is 0 Å². The lowest BCUT2D eigenvalue weighted by atomic mass is 9.89. The molecule has 4 heteroatoms. The van der Waals surface area contributed by atoms with E-state index in [0.29, 0.717) is 0 Å². The molecule has 0 N–H and O–H groups in total. The molecule has 1 aliphatic heterocycles. The molecule has 2 atom stereocenters. The van der Waals surface area contributed by atoms with Gasteiger partial charge in [0.15, 0.2) is 0 Å². The minimum atomic E-state index is -3.36. The maximum absolute atomic E-state index is 11.4. The van der Waals surface area contributed by atoms with Gasteiger partial charge in [0.05, 0.1) is 0 Å². The van der Waals surface area contributed by atoms with Crippen LogP contribution in [-0.4, -0.2) is 19.3 Å². The van der Waals surface area contributed by atoms with E-state index in [4.69, 9.17) is 4.18 Å². The van der Waals surface area contributed by atoms with E-state index in [1.807, 2.05) is 19.9 Å². The van der Waals surface area contributed by atoms with Crippen LogP contribution in [0.4, 0.5) is 0 Å². The van der Waals surface area contributed by atoms with E-state index in [9.17, 15) is 8.42 Å². The van der Waals surface area contributed by atoms with Gasteiger partial charge in [-0.15, -0.1) is 0 Å². The van der Waals surface area contributed by atoms with Gasteiger partial charge in [0.2, 0.25) is 0 Å². The fourth-order valence-corrected chi connectivity index (χ4v) is 3.51. The molecule has 1 aliphatic carbocycles. The van der Waals surface area contributed by atoms with Crippen LogP contribution in [0, 0.1) is 0 Å². The molecule has 72 valence electrons. The Morgan fingerprint density at radius 3 is 2.62 bits per heavy atom. The number of hydrogen-bond donors (Lipinski definition) is 0. The predicted molar refractivity (Wildman–Crippen MR) is 49.7 cm³/mol. The second-order valence-corrected chi connectivity index (χ2v) is 5.87. The zero-order chi connectivity index (χ0) is 9.85. The van der Waals surface area contributed by atoms with E-state index in [0.717, 1.165) is 11.1 Å². The van der Waals surface area contributed by atoms with E-state index in [1.54, 1.807) is 13.0 Å². The van der Waals surface area contributed by atoms with Crippen LogP contribution >= 0.6 is 0 Å². The summed E-state index contributed by atoms with van der Waals surface area (Å²) in [5, 5.41) is 0. The first-order valence-corrected chi connectivity index (χ1v) is 5.58. The van der Waals surface area contributed by atoms with Gasteiger partial charge in [0.1, 0.15) is 10.9 Å². The van der Waals surface area contributed by atoms with Crippen molar-refractivity contribution in [1.82, 2.24) is 0 Å². The second kappa shape index (κ2) is 2.25. The van der Waals surface area contributed by atoms with Gasteiger partial charge in [0.25, 0.3) is 10.1 Å². The van der Waals surface area contributed by atoms with Crippen LogP contribution in [0.25, 0.3) is 0 Å². The molecule has 0 aromatic heterocycles. The highest BCUT2D eigenvalue weighted by atomic mass is 32.2. The maximum atomic E-state index is 11.4. The van der Waals surface area contributed by atoms with Crippen molar-refractivity contribution < 1.29 is 12.6 Å². The lowest BCUT2D eigenvalue weighted by Crippen LogP contribution is -2.60. The third-order valence-electron chi connectivity index (χ3n) is 2.67. The quantitative estimate of drug-likeness (QED) is 0.555. The zero-order valence-corrected chi connectivity index (χ0v) is 8.68. The van der Waals surface area contributed by atoms with Crippen molar-refractivity contribution in [2.45, 2.75) is 31.6 Å². The van der Waals surface area contributed by atoms with Gasteiger partial charge in [-0.2, -0.15) is 8.42 Å². The highest BCUT2D eigenvalue weighted by Crippen LogP contribution is 2.45. The third kappa shape index (κ3) is 0.957. The molecule has 1 fully saturated rings. The fraction of sp³-hybridized carbons (Fsp3) is 0.556. The summed E-state index contributed by atoms with van der Waals surface area (Å²) in [5.41, 5.74) is 1.97. The topological polar surface area (TPSA) is 43.4 Å². The van der Waals surface area contributed by atoms with Crippen LogP contribution in [0.3, 0.4) is 0 Å². The van der Waals surface area contributed by atoms with Gasteiger partial charge < -0.3 is 0 Å². The molecule has 13 heavy (non-hydrogen) atoms. The molecule has 0 spiro atoms. The largest absolute Gasteiger partial charge is 0.280 e. The summed E-state index contributed by atoms with van der Waals surface area (Å²) in [6.45, 7) is 5.50. The molecule has 0 radical (unpaired) electrons. The van der Waals surface area contributed by atoms with Gasteiger partial charge in [-0.3, -0.25) is 4.18 Å². The summed E-state index contributed by atoms with van der Waals surface area (Å²) in [7, 11) is -3.36. The number of rotatable bonds is 0. The number of fused-ring (bicyclic) bond motifs is 1. The van der Waals surface area contributed by atoms with E-state index in [1.165, 1.54) is 0 Å². The lowest BCUT2D eigenvalue weighted by molar-refractivity contribution is 0.140. The van der Waals surface area contributed by atoms with Crippen molar-refractivity contribution in [3.63, 3.8) is 0 Å². The van der Waals surface area contributed by atoms with E-state index in [2.05, 4.69) is 0 Å². The molecule has 1 saturated heterocycles. The first kappa shape index (κ1) is 8.97. The molecule has 2 aliphatic rings. The molecule has 2 unspecified atom stereocenters. The minimum absolute atomic E-state index is 0.277. The summed E-state index contributed by atoms with van der Waals surface area (Å²) in [6, 6.07) is 0. The summed E-state index contributed by atoms with van der Waals surface area (Å²) < 4.78 is 26.8. The summed E-state index contributed by atoms with van der Waals surface area (Å²) >= 11 is 0. The standard InChI is InChI=1S/C9H12O3S/c1-6-4-7(2)8-9(3,5-6)13(10,11)12-8/h4-5,8H,1-3H3. The first-order chi connectivity index (χ1) is 5.87. The Kier molecular flexibility index (Phi) is 1.55. The highest BCUT2D eigenvalue weighted by Gasteiger charge is 2.59. The molecule has 3 nitrogen and oxygen atoms in total. The molecule has 0 bridgehead atoms. The molecule has 1 heterocycles. The molecule has 0 amide bonds. The molecule has 0 saturated carbocycles. The second-order valence-electron chi connectivity index (χ2n) is 3.89. The van der Waals surface area contributed by atoms with Crippen LogP contribution < -0.4 is 0 Å². The lowest BCUT2D eigenvalue weighted by Gasteiger charge is -2.45. The molecule has 0 aromatic carbocycles. The Hall–Kier alpha value is -0.610. The molecule has 2 rings (SSSR count). The Bertz CT molecular complexity index is 416. The summed E-state index contributed by atoms with van der Waals surface area (Å²) in [4.78, 5) is 0. The van der Waals surface area contributed by atoms with Crippen molar-refractivity contribution in [2.75, 3.05) is 0 Å². The molecular weight excluding hydrogens is 188 g/mol. The van der Waals surface area contributed by atoms with Crippen molar-refractivity contribution >= 4 is 10.1 Å². The van der Waals surface area contributed by atoms with Crippen molar-refractivity contribution in [3.8, 4) is 0 Å². The smallest absolute Gasteiger partial charge is 0.259 e. The average molecular weight is 200 g/mol. The Balaban J connectivity index is 2.54. The van der Waals surface area contributed by atoms with Crippen molar-refractivity contribution in [3.05, 3.63) is 23.3 Å². The van der Waals surface area contributed by atoms with Crippen LogP contribution in [-0.2, 0) is 14.3 Å². The van der Waals surface area contributed by atoms with Crippen molar-refractivity contribution in [1.29, 1.82) is 0 Å². The van der Waals surface area contributed by atoms with Crippen LogP contribution in [0.5, 0.6) is 0 Å². The monoisotopic (exact) mass is 200 g/mol. The van der Waals surface area contributed by atoms with E-state index >= 15 is 0 Å². The van der Waals surface area contributed by atoms with Crippen LogP contribution in [0.1, 0.15) is 20.8 Å². The highest BCUT2D eigenvalue weighted by molar-refractivity contribution is 7.89. The van der Waals surface area contributed by atoms with Gasteiger partial charge in [-0.25, -0.2) is 0 Å². The van der Waals surface area contributed by atoms with Crippen LogP contribution in [0.15, 0.2) is 23.3 Å². The number of allylic oxidation sites excluding steroid dienone is 2. The van der Waals surface area contributed by atoms with Crippen LogP contribution in [0.2, 0.25) is 0 Å². The van der Waals surface area contributed by atoms with Crippen molar-refractivity contribution in [2.24, 2.45) is 0 Å². The zero-order valence-electron chi connectivity index (χ0n) is 7.87. The SMILES string of the molecule is CC1=CC2(C)C(OS2(=O)=O)C(C)=C1. The first-order valence-electron chi connectivity index (χ1n) is 4.17. The molecule has 0 aromatic rings. The van der Waals surface area contributed by atoms with Gasteiger partial charge in [-0.05, 0) is 26.3 Å². The predicted octanol–water partition coefficient (Wildman–Crippen LogP) is 1.38. The average Bonchev–Trinajstić information content (AvgIpc) is 1.97. The maximum Gasteiger partial charge on any atom is 0.280 e.